The molecule has 2 aliphatic heterocycles. The van der Waals surface area contributed by atoms with Gasteiger partial charge in [-0.25, -0.2) is 4.79 Å². The zero-order valence-electron chi connectivity index (χ0n) is 21.4. The highest BCUT2D eigenvalue weighted by Gasteiger charge is 2.38. The Kier molecular flexibility index (Phi) is 6.95. The molecule has 1 N–H and O–H groups in total. The van der Waals surface area contributed by atoms with Crippen LogP contribution >= 0.6 is 0 Å². The molecule has 190 valence electrons. The molecule has 38 heavy (non-hydrogen) atoms. The minimum Gasteiger partial charge on any atom is -0.445 e. The van der Waals surface area contributed by atoms with E-state index in [1.165, 1.54) is 28.1 Å². The van der Waals surface area contributed by atoms with E-state index in [1.807, 2.05) is 30.3 Å². The van der Waals surface area contributed by atoms with Crippen molar-refractivity contribution in [1.29, 1.82) is 0 Å². The molecule has 4 heteroatoms. The van der Waals surface area contributed by atoms with Crippen LogP contribution in [0.15, 0.2) is 115 Å². The molecule has 0 fully saturated rings. The number of para-hydroxylation sites is 1. The maximum Gasteiger partial charge on any atom is 0.407 e. The molecule has 0 unspecified atom stereocenters. The van der Waals surface area contributed by atoms with Crippen molar-refractivity contribution < 1.29 is 9.53 Å². The first kappa shape index (κ1) is 24.1. The molecule has 0 bridgehead atoms. The monoisotopic (exact) mass is 500 g/mol. The van der Waals surface area contributed by atoms with Gasteiger partial charge in [0.15, 0.2) is 0 Å². The molecule has 2 aliphatic rings. The number of anilines is 1. The molecule has 0 saturated heterocycles. The zero-order valence-corrected chi connectivity index (χ0v) is 21.4. The number of carbonyl (C=O) groups is 1. The van der Waals surface area contributed by atoms with Crippen LogP contribution in [0, 0.1) is 0 Å². The van der Waals surface area contributed by atoms with E-state index in [2.05, 4.69) is 95.2 Å². The van der Waals surface area contributed by atoms with Crippen molar-refractivity contribution in [3.8, 4) is 0 Å². The van der Waals surface area contributed by atoms with E-state index in [-0.39, 0.29) is 24.8 Å². The molecule has 0 spiro atoms. The van der Waals surface area contributed by atoms with Gasteiger partial charge in [0.2, 0.25) is 0 Å². The van der Waals surface area contributed by atoms with Crippen LogP contribution in [0.25, 0.3) is 5.70 Å². The Labute approximate surface area is 224 Å². The smallest absolute Gasteiger partial charge is 0.407 e. The summed E-state index contributed by atoms with van der Waals surface area (Å²) in [5.41, 5.74) is 8.51. The van der Waals surface area contributed by atoms with Gasteiger partial charge in [-0.15, -0.1) is 0 Å². The summed E-state index contributed by atoms with van der Waals surface area (Å²) in [6.45, 7) is 0.261. The Morgan fingerprint density at radius 1 is 0.816 bits per heavy atom. The van der Waals surface area contributed by atoms with Gasteiger partial charge in [0.1, 0.15) is 6.61 Å². The Morgan fingerprint density at radius 3 is 2.24 bits per heavy atom. The van der Waals surface area contributed by atoms with Crippen molar-refractivity contribution in [3.05, 3.63) is 143 Å². The molecule has 4 aromatic carbocycles. The van der Waals surface area contributed by atoms with E-state index in [0.29, 0.717) is 0 Å². The molecule has 2 heterocycles. The van der Waals surface area contributed by atoms with E-state index in [9.17, 15) is 4.79 Å². The summed E-state index contributed by atoms with van der Waals surface area (Å²) in [6, 6.07) is 37.8. The zero-order chi connectivity index (χ0) is 25.7. The molecule has 6 rings (SSSR count). The normalized spacial score (nSPS) is 17.8. The van der Waals surface area contributed by atoms with Gasteiger partial charge in [0.25, 0.3) is 0 Å². The quantitative estimate of drug-likeness (QED) is 0.286. The van der Waals surface area contributed by atoms with Gasteiger partial charge in [-0.1, -0.05) is 115 Å². The van der Waals surface area contributed by atoms with E-state index >= 15 is 0 Å². The molecule has 2 atom stereocenters. The van der Waals surface area contributed by atoms with Gasteiger partial charge in [-0.2, -0.15) is 0 Å². The summed E-state index contributed by atoms with van der Waals surface area (Å²) in [5.74, 6) is 0. The number of aryl methyl sites for hydroxylation is 1. The standard InChI is InChI=1S/C34H32N2O2/c37-34(38-24-26-13-6-2-7-14-26)35-31-23-29(21-19-25-11-4-1-5-12-25)36-32(27-15-8-3-9-16-27)22-20-28-17-10-18-30(31)33(28)36/h1-18,22,29,31H,19-21,23-24H2,(H,35,37)/t29-,31+/m1/s1. The number of ether oxygens (including phenoxy) is 1. The highest BCUT2D eigenvalue weighted by Crippen LogP contribution is 2.47. The summed E-state index contributed by atoms with van der Waals surface area (Å²) >= 11 is 0. The molecular formula is C34H32N2O2. The van der Waals surface area contributed by atoms with Crippen LogP contribution in [0.4, 0.5) is 10.5 Å². The van der Waals surface area contributed by atoms with Crippen LogP contribution < -0.4 is 10.2 Å². The van der Waals surface area contributed by atoms with Gasteiger partial charge >= 0.3 is 6.09 Å². The van der Waals surface area contributed by atoms with Crippen molar-refractivity contribution >= 4 is 17.5 Å². The van der Waals surface area contributed by atoms with E-state index < -0.39 is 0 Å². The lowest BCUT2D eigenvalue weighted by atomic mass is 9.83. The maximum atomic E-state index is 13.0. The second-order valence-electron chi connectivity index (χ2n) is 10.1. The fourth-order valence-electron chi connectivity index (χ4n) is 5.79. The van der Waals surface area contributed by atoms with Crippen LogP contribution in [-0.4, -0.2) is 12.1 Å². The summed E-state index contributed by atoms with van der Waals surface area (Å²) in [7, 11) is 0. The number of carbonyl (C=O) groups excluding carboxylic acids is 1. The number of nitrogens with zero attached hydrogens (tertiary/aromatic N) is 1. The minimum atomic E-state index is -0.374. The number of hydrogen-bond donors (Lipinski definition) is 1. The lowest BCUT2D eigenvalue weighted by molar-refractivity contribution is 0.134. The summed E-state index contributed by atoms with van der Waals surface area (Å²) in [5, 5.41) is 3.22. The van der Waals surface area contributed by atoms with Gasteiger partial charge < -0.3 is 15.0 Å². The number of hydrogen-bond acceptors (Lipinski definition) is 3. The van der Waals surface area contributed by atoms with Crippen LogP contribution in [-0.2, 0) is 24.2 Å². The number of benzene rings is 4. The maximum absolute atomic E-state index is 13.0. The fraction of sp³-hybridized carbons (Fsp3) is 0.206. The molecular weight excluding hydrogens is 468 g/mol. The van der Waals surface area contributed by atoms with Crippen molar-refractivity contribution in [3.63, 3.8) is 0 Å². The Bertz CT molecular complexity index is 1420. The molecule has 0 aromatic heterocycles. The number of alkyl carbamates (subject to hydrolysis) is 1. The lowest BCUT2D eigenvalue weighted by Crippen LogP contribution is -2.45. The number of rotatable bonds is 7. The van der Waals surface area contributed by atoms with Gasteiger partial charge in [0.05, 0.1) is 11.7 Å². The van der Waals surface area contributed by atoms with Gasteiger partial charge in [-0.05, 0) is 53.5 Å². The molecule has 4 nitrogen and oxygen atoms in total. The first-order valence-corrected chi connectivity index (χ1v) is 13.4. The topological polar surface area (TPSA) is 41.6 Å². The summed E-state index contributed by atoms with van der Waals surface area (Å²) in [4.78, 5) is 15.5. The highest BCUT2D eigenvalue weighted by atomic mass is 16.5. The molecule has 4 aromatic rings. The molecule has 0 radical (unpaired) electrons. The van der Waals surface area contributed by atoms with E-state index in [4.69, 9.17) is 4.74 Å². The number of allylic oxidation sites excluding steroid dienone is 1. The fourth-order valence-corrected chi connectivity index (χ4v) is 5.79. The van der Waals surface area contributed by atoms with Crippen LogP contribution in [0.3, 0.4) is 0 Å². The molecule has 1 amide bonds. The third-order valence-corrected chi connectivity index (χ3v) is 7.60. The third kappa shape index (κ3) is 5.08. The van der Waals surface area contributed by atoms with Crippen LogP contribution in [0.1, 0.15) is 46.7 Å². The highest BCUT2D eigenvalue weighted by molar-refractivity contribution is 5.87. The lowest BCUT2D eigenvalue weighted by Gasteiger charge is -2.46. The average molecular weight is 501 g/mol. The van der Waals surface area contributed by atoms with Crippen LogP contribution in [0.2, 0.25) is 0 Å². The molecule has 0 saturated carbocycles. The first-order chi connectivity index (χ1) is 18.8. The van der Waals surface area contributed by atoms with Crippen LogP contribution in [0.5, 0.6) is 0 Å². The summed E-state index contributed by atoms with van der Waals surface area (Å²) < 4.78 is 5.62. The Hall–Kier alpha value is -4.31. The van der Waals surface area contributed by atoms with Crippen molar-refractivity contribution in [2.24, 2.45) is 0 Å². The first-order valence-electron chi connectivity index (χ1n) is 13.4. The second-order valence-corrected chi connectivity index (χ2v) is 10.1. The second kappa shape index (κ2) is 11.0. The van der Waals surface area contributed by atoms with E-state index in [1.54, 1.807) is 0 Å². The number of nitrogens with one attached hydrogen (secondary N) is 1. The summed E-state index contributed by atoms with van der Waals surface area (Å²) in [6.07, 6.45) is 5.64. The molecule has 0 aliphatic carbocycles. The van der Waals surface area contributed by atoms with Gasteiger partial charge in [0, 0.05) is 11.7 Å². The van der Waals surface area contributed by atoms with Gasteiger partial charge in [-0.3, -0.25) is 0 Å². The SMILES string of the molecule is O=C(N[C@H]1C[C@@H](CCc2ccccc2)N2C(c3ccccc3)=CCc3cccc1c32)OCc1ccccc1. The van der Waals surface area contributed by atoms with Crippen molar-refractivity contribution in [1.82, 2.24) is 5.32 Å². The van der Waals surface area contributed by atoms with Crippen molar-refractivity contribution in [2.45, 2.75) is 44.4 Å². The third-order valence-electron chi connectivity index (χ3n) is 7.60. The Balaban J connectivity index is 1.30. The average Bonchev–Trinajstić information content (AvgIpc) is 2.98. The number of amides is 1. The predicted molar refractivity (Wildman–Crippen MR) is 153 cm³/mol. The van der Waals surface area contributed by atoms with E-state index in [0.717, 1.165) is 36.8 Å². The minimum absolute atomic E-state index is 0.111. The predicted octanol–water partition coefficient (Wildman–Crippen LogP) is 7.46. The van der Waals surface area contributed by atoms with Crippen molar-refractivity contribution in [2.75, 3.05) is 4.90 Å². The largest absolute Gasteiger partial charge is 0.445 e. The Morgan fingerprint density at radius 2 is 1.50 bits per heavy atom.